The molecule has 1 unspecified atom stereocenters. The van der Waals surface area contributed by atoms with Gasteiger partial charge in [0.2, 0.25) is 11.7 Å². The van der Waals surface area contributed by atoms with E-state index in [1.54, 1.807) is 0 Å². The topological polar surface area (TPSA) is 62.7 Å². The van der Waals surface area contributed by atoms with Gasteiger partial charge in [-0.05, 0) is 18.8 Å². The maximum atomic E-state index is 8.90. The Morgan fingerprint density at radius 1 is 1.30 bits per heavy atom. The molecule has 0 aliphatic carbocycles. The third-order valence-electron chi connectivity index (χ3n) is 3.72. The molecule has 2 aromatic rings. The van der Waals surface area contributed by atoms with Gasteiger partial charge in [-0.3, -0.25) is 0 Å². The molecule has 0 N–H and O–H groups in total. The Morgan fingerprint density at radius 3 is 2.60 bits per heavy atom. The van der Waals surface area contributed by atoms with E-state index >= 15 is 0 Å². The maximum Gasteiger partial charge on any atom is 0.227 e. The number of aryl methyl sites for hydroxylation is 1. The highest BCUT2D eigenvalue weighted by Gasteiger charge is 2.25. The van der Waals surface area contributed by atoms with E-state index in [1.807, 2.05) is 31.2 Å². The second-order valence-electron chi connectivity index (χ2n) is 5.55. The Labute approximate surface area is 119 Å². The molecule has 0 bridgehead atoms. The summed E-state index contributed by atoms with van der Waals surface area (Å²) >= 11 is 0. The van der Waals surface area contributed by atoms with E-state index in [9.17, 15) is 0 Å². The molecule has 0 fully saturated rings. The maximum absolute atomic E-state index is 8.90. The molecule has 0 radical (unpaired) electrons. The minimum absolute atomic E-state index is 0.105. The average molecular weight is 269 g/mol. The minimum Gasteiger partial charge on any atom is -0.339 e. The van der Waals surface area contributed by atoms with Gasteiger partial charge in [-0.1, -0.05) is 48.8 Å². The molecule has 0 aliphatic heterocycles. The summed E-state index contributed by atoms with van der Waals surface area (Å²) in [5.41, 5.74) is 2.04. The summed E-state index contributed by atoms with van der Waals surface area (Å²) in [5.74, 6) is 1.20. The van der Waals surface area contributed by atoms with Crippen molar-refractivity contribution in [1.82, 2.24) is 10.1 Å². The molecular formula is C16H19N3O. The summed E-state index contributed by atoms with van der Waals surface area (Å²) in [5, 5.41) is 12.9. The standard InChI is InChI=1S/C16H19N3O/c1-4-16(3,9-10-17)11-14-18-15(19-20-14)13-7-5-12(2)6-8-13/h5-8H,4,9,11H2,1-3H3. The van der Waals surface area contributed by atoms with Gasteiger partial charge in [-0.25, -0.2) is 0 Å². The highest BCUT2D eigenvalue weighted by Crippen LogP contribution is 2.30. The van der Waals surface area contributed by atoms with E-state index < -0.39 is 0 Å². The van der Waals surface area contributed by atoms with E-state index in [4.69, 9.17) is 9.78 Å². The van der Waals surface area contributed by atoms with Crippen LogP contribution in [0.3, 0.4) is 0 Å². The first-order chi connectivity index (χ1) is 9.56. The number of rotatable bonds is 5. The van der Waals surface area contributed by atoms with Crippen molar-refractivity contribution in [1.29, 1.82) is 5.26 Å². The van der Waals surface area contributed by atoms with E-state index in [2.05, 4.69) is 30.1 Å². The predicted octanol–water partition coefficient (Wildman–Crippen LogP) is 3.92. The molecule has 1 aromatic carbocycles. The van der Waals surface area contributed by atoms with Crippen LogP contribution in [-0.2, 0) is 6.42 Å². The lowest BCUT2D eigenvalue weighted by Crippen LogP contribution is -2.18. The molecule has 1 atom stereocenters. The first-order valence-corrected chi connectivity index (χ1v) is 6.83. The van der Waals surface area contributed by atoms with Gasteiger partial charge >= 0.3 is 0 Å². The van der Waals surface area contributed by atoms with Crippen LogP contribution < -0.4 is 0 Å². The average Bonchev–Trinajstić information content (AvgIpc) is 2.88. The molecule has 0 saturated carbocycles. The lowest BCUT2D eigenvalue weighted by atomic mass is 9.81. The van der Waals surface area contributed by atoms with Crippen molar-refractivity contribution in [2.24, 2.45) is 5.41 Å². The first-order valence-electron chi connectivity index (χ1n) is 6.83. The lowest BCUT2D eigenvalue weighted by Gasteiger charge is -2.22. The molecule has 0 spiro atoms. The quantitative estimate of drug-likeness (QED) is 0.825. The van der Waals surface area contributed by atoms with Gasteiger partial charge in [0.25, 0.3) is 0 Å². The molecular weight excluding hydrogens is 250 g/mol. The van der Waals surface area contributed by atoms with Crippen molar-refractivity contribution in [2.45, 2.75) is 40.0 Å². The second-order valence-corrected chi connectivity index (χ2v) is 5.55. The first kappa shape index (κ1) is 14.3. The van der Waals surface area contributed by atoms with Crippen LogP contribution in [0, 0.1) is 23.7 Å². The third kappa shape index (κ3) is 3.24. The highest BCUT2D eigenvalue weighted by atomic mass is 16.5. The van der Waals surface area contributed by atoms with Gasteiger partial charge in [0.05, 0.1) is 6.07 Å². The van der Waals surface area contributed by atoms with Gasteiger partial charge < -0.3 is 4.52 Å². The van der Waals surface area contributed by atoms with Crippen LogP contribution in [0.25, 0.3) is 11.4 Å². The van der Waals surface area contributed by atoms with Crippen LogP contribution in [0.1, 0.15) is 38.1 Å². The summed E-state index contributed by atoms with van der Waals surface area (Å²) in [6.07, 6.45) is 2.03. The van der Waals surface area contributed by atoms with Gasteiger partial charge in [0, 0.05) is 18.4 Å². The Hall–Kier alpha value is -2.15. The van der Waals surface area contributed by atoms with Gasteiger partial charge in [-0.15, -0.1) is 0 Å². The highest BCUT2D eigenvalue weighted by molar-refractivity contribution is 5.54. The monoisotopic (exact) mass is 269 g/mol. The van der Waals surface area contributed by atoms with Gasteiger partial charge in [-0.2, -0.15) is 10.2 Å². The van der Waals surface area contributed by atoms with Crippen LogP contribution in [-0.4, -0.2) is 10.1 Å². The summed E-state index contributed by atoms with van der Waals surface area (Å²) in [7, 11) is 0. The molecule has 20 heavy (non-hydrogen) atoms. The predicted molar refractivity (Wildman–Crippen MR) is 76.8 cm³/mol. The fourth-order valence-electron chi connectivity index (χ4n) is 2.02. The molecule has 1 aromatic heterocycles. The zero-order chi connectivity index (χ0) is 14.6. The number of hydrogen-bond acceptors (Lipinski definition) is 4. The molecule has 0 amide bonds. The van der Waals surface area contributed by atoms with Gasteiger partial charge in [0.15, 0.2) is 0 Å². The van der Waals surface area contributed by atoms with Crippen LogP contribution in [0.4, 0.5) is 0 Å². The second kappa shape index (κ2) is 5.87. The SMILES string of the molecule is CCC(C)(CC#N)Cc1nc(-c2ccc(C)cc2)no1. The summed E-state index contributed by atoms with van der Waals surface area (Å²) in [4.78, 5) is 4.44. The number of nitrogens with zero attached hydrogens (tertiary/aromatic N) is 3. The van der Waals surface area contributed by atoms with E-state index in [-0.39, 0.29) is 5.41 Å². The Bertz CT molecular complexity index is 609. The lowest BCUT2D eigenvalue weighted by molar-refractivity contribution is 0.266. The molecule has 104 valence electrons. The normalized spacial score (nSPS) is 13.7. The zero-order valence-electron chi connectivity index (χ0n) is 12.2. The van der Waals surface area contributed by atoms with Crippen molar-refractivity contribution in [3.05, 3.63) is 35.7 Å². The fourth-order valence-corrected chi connectivity index (χ4v) is 2.02. The third-order valence-corrected chi connectivity index (χ3v) is 3.72. The van der Waals surface area contributed by atoms with Crippen LogP contribution in [0.2, 0.25) is 0 Å². The number of hydrogen-bond donors (Lipinski definition) is 0. The van der Waals surface area contributed by atoms with Crippen LogP contribution in [0.5, 0.6) is 0 Å². The van der Waals surface area contributed by atoms with E-state index in [0.29, 0.717) is 24.6 Å². The largest absolute Gasteiger partial charge is 0.339 e. The summed E-state index contributed by atoms with van der Waals surface area (Å²) in [6.45, 7) is 6.20. The van der Waals surface area contributed by atoms with E-state index in [0.717, 1.165) is 12.0 Å². The minimum atomic E-state index is -0.105. The Balaban J connectivity index is 2.17. The van der Waals surface area contributed by atoms with Gasteiger partial charge in [0.1, 0.15) is 0 Å². The van der Waals surface area contributed by atoms with Crippen molar-refractivity contribution >= 4 is 0 Å². The summed E-state index contributed by atoms with van der Waals surface area (Å²) in [6, 6.07) is 10.3. The fraction of sp³-hybridized carbons (Fsp3) is 0.438. The van der Waals surface area contributed by atoms with E-state index in [1.165, 1.54) is 5.56 Å². The molecule has 0 saturated heterocycles. The molecule has 1 heterocycles. The number of aromatic nitrogens is 2. The van der Waals surface area contributed by atoms with Crippen LogP contribution in [0.15, 0.2) is 28.8 Å². The Morgan fingerprint density at radius 2 is 2.00 bits per heavy atom. The van der Waals surface area contributed by atoms with Crippen molar-refractivity contribution < 1.29 is 4.52 Å². The Kier molecular flexibility index (Phi) is 4.19. The molecule has 4 heteroatoms. The summed E-state index contributed by atoms with van der Waals surface area (Å²) < 4.78 is 5.32. The van der Waals surface area contributed by atoms with Crippen molar-refractivity contribution in [3.8, 4) is 17.5 Å². The molecule has 4 nitrogen and oxygen atoms in total. The zero-order valence-corrected chi connectivity index (χ0v) is 12.2. The van der Waals surface area contributed by atoms with Crippen molar-refractivity contribution in [3.63, 3.8) is 0 Å². The van der Waals surface area contributed by atoms with Crippen molar-refractivity contribution in [2.75, 3.05) is 0 Å². The molecule has 2 rings (SSSR count). The smallest absolute Gasteiger partial charge is 0.227 e. The molecule has 0 aliphatic rings. The van der Waals surface area contributed by atoms with Crippen LogP contribution >= 0.6 is 0 Å². The number of nitriles is 1. The number of benzene rings is 1.